The molecular weight excluding hydrogens is 356 g/mol. The van der Waals surface area contributed by atoms with Crippen molar-refractivity contribution in [2.24, 2.45) is 23.2 Å². The molecule has 0 amide bonds. The van der Waals surface area contributed by atoms with E-state index in [-0.39, 0.29) is 30.2 Å². The van der Waals surface area contributed by atoms with Gasteiger partial charge in [0.15, 0.2) is 12.4 Å². The zero-order valence-corrected chi connectivity index (χ0v) is 16.2. The number of rotatable bonds is 6. The van der Waals surface area contributed by atoms with Gasteiger partial charge in [0.2, 0.25) is 5.76 Å². The number of carbonyl (C=O) groups is 2. The van der Waals surface area contributed by atoms with Crippen molar-refractivity contribution in [3.8, 4) is 0 Å². The fourth-order valence-corrected chi connectivity index (χ4v) is 6.35. The number of Topliss-reactive ketones (excluding diaryl/α,β-unsaturated/α-hetero) is 1. The zero-order chi connectivity index (χ0) is 19.3. The van der Waals surface area contributed by atoms with Gasteiger partial charge in [-0.05, 0) is 62.3 Å². The Morgan fingerprint density at radius 3 is 2.36 bits per heavy atom. The molecular formula is C23H26O5. The molecule has 148 valence electrons. The van der Waals surface area contributed by atoms with E-state index in [4.69, 9.17) is 13.9 Å². The van der Waals surface area contributed by atoms with Gasteiger partial charge >= 0.3 is 5.97 Å². The fraction of sp³-hybridized carbons (Fsp3) is 0.565. The first kappa shape index (κ1) is 17.9. The Morgan fingerprint density at radius 2 is 1.71 bits per heavy atom. The van der Waals surface area contributed by atoms with Gasteiger partial charge in [0.05, 0.1) is 6.61 Å². The normalized spacial score (nSPS) is 30.7. The van der Waals surface area contributed by atoms with Gasteiger partial charge in [0.25, 0.3) is 0 Å². The average Bonchev–Trinajstić information content (AvgIpc) is 3.04. The number of ketones is 1. The van der Waals surface area contributed by atoms with E-state index in [1.54, 1.807) is 7.11 Å². The molecule has 0 radical (unpaired) electrons. The molecule has 1 aromatic heterocycles. The Hall–Kier alpha value is -2.14. The minimum absolute atomic E-state index is 0.101. The molecule has 0 atom stereocenters. The summed E-state index contributed by atoms with van der Waals surface area (Å²) in [6.45, 7) is 0.0961. The molecule has 4 bridgehead atoms. The van der Waals surface area contributed by atoms with Gasteiger partial charge in [-0.1, -0.05) is 18.2 Å². The molecule has 0 N–H and O–H groups in total. The standard InChI is InChI=1S/C23H26O5/c1-26-12-18-17-4-2-3-5-19(17)28-21(18)22(25)27-13-20(24)23-9-14-6-15(10-23)8-16(7-14)11-23/h2-5,14-16H,6-13H2,1H3. The van der Waals surface area contributed by atoms with Crippen LogP contribution in [-0.2, 0) is 20.9 Å². The molecule has 0 saturated heterocycles. The highest BCUT2D eigenvalue weighted by atomic mass is 16.5. The summed E-state index contributed by atoms with van der Waals surface area (Å²) in [5.41, 5.74) is 1.04. The van der Waals surface area contributed by atoms with Gasteiger partial charge in [-0.15, -0.1) is 0 Å². The predicted octanol–water partition coefficient (Wildman–Crippen LogP) is 4.52. The molecule has 1 heterocycles. The van der Waals surface area contributed by atoms with Gasteiger partial charge in [-0.2, -0.15) is 0 Å². The summed E-state index contributed by atoms with van der Waals surface area (Å²) < 4.78 is 16.4. The van der Waals surface area contributed by atoms with E-state index in [2.05, 4.69) is 0 Å². The maximum atomic E-state index is 13.1. The van der Waals surface area contributed by atoms with Gasteiger partial charge < -0.3 is 13.9 Å². The lowest BCUT2D eigenvalue weighted by molar-refractivity contribution is -0.147. The number of hydrogen-bond acceptors (Lipinski definition) is 5. The molecule has 0 spiro atoms. The van der Waals surface area contributed by atoms with Crippen molar-refractivity contribution >= 4 is 22.7 Å². The highest BCUT2D eigenvalue weighted by Gasteiger charge is 2.54. The summed E-state index contributed by atoms with van der Waals surface area (Å²) >= 11 is 0. The smallest absolute Gasteiger partial charge is 0.375 e. The number of benzene rings is 1. The van der Waals surface area contributed by atoms with Gasteiger partial charge in [-0.25, -0.2) is 4.79 Å². The van der Waals surface area contributed by atoms with Crippen LogP contribution >= 0.6 is 0 Å². The van der Waals surface area contributed by atoms with Crippen molar-refractivity contribution in [2.75, 3.05) is 13.7 Å². The summed E-state index contributed by atoms with van der Waals surface area (Å²) in [4.78, 5) is 25.8. The second kappa shape index (κ2) is 6.73. The lowest BCUT2D eigenvalue weighted by atomic mass is 9.48. The lowest BCUT2D eigenvalue weighted by Gasteiger charge is -2.55. The Bertz CT molecular complexity index is 889. The summed E-state index contributed by atoms with van der Waals surface area (Å²) in [6, 6.07) is 7.45. The van der Waals surface area contributed by atoms with Crippen molar-refractivity contribution in [1.82, 2.24) is 0 Å². The molecule has 0 unspecified atom stereocenters. The number of ether oxygens (including phenoxy) is 2. The number of methoxy groups -OCH3 is 1. The Kier molecular flexibility index (Phi) is 4.31. The SMILES string of the molecule is COCc1c(C(=O)OCC(=O)C23CC4CC(CC(C4)C2)C3)oc2ccccc12. The van der Waals surface area contributed by atoms with Crippen molar-refractivity contribution in [2.45, 2.75) is 45.1 Å². The first-order valence-corrected chi connectivity index (χ1v) is 10.3. The molecule has 4 fully saturated rings. The van der Waals surface area contributed by atoms with Gasteiger partial charge in [0, 0.05) is 23.5 Å². The van der Waals surface area contributed by atoms with Crippen LogP contribution in [0.4, 0.5) is 0 Å². The van der Waals surface area contributed by atoms with E-state index >= 15 is 0 Å². The minimum atomic E-state index is -0.582. The number of para-hydroxylation sites is 1. The first-order valence-electron chi connectivity index (χ1n) is 10.3. The largest absolute Gasteiger partial charge is 0.452 e. The van der Waals surface area contributed by atoms with Crippen molar-refractivity contribution in [3.63, 3.8) is 0 Å². The second-order valence-corrected chi connectivity index (χ2v) is 9.04. The molecule has 5 heteroatoms. The molecule has 5 nitrogen and oxygen atoms in total. The molecule has 1 aromatic carbocycles. The van der Waals surface area contributed by atoms with Crippen LogP contribution in [0, 0.1) is 23.2 Å². The number of furan rings is 1. The number of carbonyl (C=O) groups excluding carboxylic acids is 2. The highest BCUT2D eigenvalue weighted by Crippen LogP contribution is 2.60. The fourth-order valence-electron chi connectivity index (χ4n) is 6.35. The summed E-state index contributed by atoms with van der Waals surface area (Å²) in [6.07, 6.45) is 6.79. The Labute approximate surface area is 164 Å². The minimum Gasteiger partial charge on any atom is -0.452 e. The summed E-state index contributed by atoms with van der Waals surface area (Å²) in [5.74, 6) is 1.73. The first-order chi connectivity index (χ1) is 13.6. The number of fused-ring (bicyclic) bond motifs is 1. The Balaban J connectivity index is 1.32. The topological polar surface area (TPSA) is 65.7 Å². The predicted molar refractivity (Wildman–Crippen MR) is 103 cm³/mol. The van der Waals surface area contributed by atoms with E-state index in [9.17, 15) is 9.59 Å². The van der Waals surface area contributed by atoms with Crippen LogP contribution in [0.3, 0.4) is 0 Å². The van der Waals surface area contributed by atoms with Crippen LogP contribution < -0.4 is 0 Å². The van der Waals surface area contributed by atoms with Crippen LogP contribution in [0.15, 0.2) is 28.7 Å². The second-order valence-electron chi connectivity index (χ2n) is 9.04. The number of esters is 1. The Morgan fingerprint density at radius 1 is 1.07 bits per heavy atom. The maximum absolute atomic E-state index is 13.1. The third-order valence-corrected chi connectivity index (χ3v) is 7.14. The van der Waals surface area contributed by atoms with E-state index in [0.29, 0.717) is 28.9 Å². The summed E-state index contributed by atoms with van der Waals surface area (Å²) in [7, 11) is 1.58. The zero-order valence-electron chi connectivity index (χ0n) is 16.2. The van der Waals surface area contributed by atoms with Gasteiger partial charge in [0.1, 0.15) is 5.58 Å². The third kappa shape index (κ3) is 2.87. The quantitative estimate of drug-likeness (QED) is 0.687. The third-order valence-electron chi connectivity index (χ3n) is 7.14. The molecule has 0 aliphatic heterocycles. The average molecular weight is 382 g/mol. The molecule has 28 heavy (non-hydrogen) atoms. The van der Waals surface area contributed by atoms with E-state index in [0.717, 1.165) is 24.6 Å². The molecule has 6 rings (SSSR count). The van der Waals surface area contributed by atoms with Crippen LogP contribution in [-0.4, -0.2) is 25.5 Å². The van der Waals surface area contributed by atoms with Crippen LogP contribution in [0.1, 0.15) is 54.6 Å². The van der Waals surface area contributed by atoms with Crippen molar-refractivity contribution < 1.29 is 23.5 Å². The molecule has 4 aliphatic carbocycles. The lowest BCUT2D eigenvalue weighted by Crippen LogP contribution is -2.51. The van der Waals surface area contributed by atoms with Crippen LogP contribution in [0.25, 0.3) is 11.0 Å². The van der Waals surface area contributed by atoms with E-state index in [1.807, 2.05) is 24.3 Å². The monoisotopic (exact) mass is 382 g/mol. The van der Waals surface area contributed by atoms with E-state index < -0.39 is 5.97 Å². The van der Waals surface area contributed by atoms with Crippen molar-refractivity contribution in [3.05, 3.63) is 35.6 Å². The van der Waals surface area contributed by atoms with Gasteiger partial charge in [-0.3, -0.25) is 4.79 Å². The summed E-state index contributed by atoms with van der Waals surface area (Å²) in [5, 5.41) is 0.837. The maximum Gasteiger partial charge on any atom is 0.375 e. The van der Waals surface area contributed by atoms with Crippen LogP contribution in [0.2, 0.25) is 0 Å². The van der Waals surface area contributed by atoms with E-state index in [1.165, 1.54) is 19.3 Å². The molecule has 2 aromatic rings. The highest BCUT2D eigenvalue weighted by molar-refractivity contribution is 5.97. The van der Waals surface area contributed by atoms with Crippen LogP contribution in [0.5, 0.6) is 0 Å². The number of hydrogen-bond donors (Lipinski definition) is 0. The molecule has 4 saturated carbocycles. The van der Waals surface area contributed by atoms with Crippen molar-refractivity contribution in [1.29, 1.82) is 0 Å². The molecule has 4 aliphatic rings.